The Morgan fingerprint density at radius 3 is 2.62 bits per heavy atom. The van der Waals surface area contributed by atoms with E-state index in [0.29, 0.717) is 0 Å². The highest BCUT2D eigenvalue weighted by atomic mass is 15.1. The maximum absolute atomic E-state index is 2.18. The summed E-state index contributed by atoms with van der Waals surface area (Å²) in [7, 11) is 2.06. The lowest BCUT2D eigenvalue weighted by molar-refractivity contribution is -0.693. The summed E-state index contributed by atoms with van der Waals surface area (Å²) in [5.41, 5.74) is 2.43. The van der Waals surface area contributed by atoms with E-state index >= 15 is 0 Å². The summed E-state index contributed by atoms with van der Waals surface area (Å²) in [5, 5.41) is 0. The van der Waals surface area contributed by atoms with Crippen molar-refractivity contribution in [3.8, 4) is 0 Å². The van der Waals surface area contributed by atoms with Gasteiger partial charge >= 0.3 is 0 Å². The van der Waals surface area contributed by atoms with Crippen molar-refractivity contribution < 1.29 is 4.57 Å². The Morgan fingerprint density at radius 1 is 1.25 bits per heavy atom. The molecule has 1 aromatic rings. The van der Waals surface area contributed by atoms with Crippen LogP contribution in [0.1, 0.15) is 12.5 Å². The standard InChI is InChI=1S/C14H17N2/c1-3-16-10-7-13(8-11-16)12-14-6-4-5-9-15(14)2/h4-12H,3H2,1-2H3/q+1. The van der Waals surface area contributed by atoms with Crippen LogP contribution >= 0.6 is 0 Å². The monoisotopic (exact) mass is 213 g/mol. The molecule has 0 saturated carbocycles. The van der Waals surface area contributed by atoms with Gasteiger partial charge in [-0.25, -0.2) is 4.57 Å². The number of likely N-dealkylation sites (N-methyl/N-ethyl adjacent to an activating group) is 1. The molecule has 1 aromatic heterocycles. The minimum atomic E-state index is 1.01. The Labute approximate surface area is 96.8 Å². The zero-order valence-corrected chi connectivity index (χ0v) is 9.80. The zero-order chi connectivity index (χ0) is 11.4. The smallest absolute Gasteiger partial charge is 0.169 e. The average Bonchev–Trinajstić information content (AvgIpc) is 2.33. The summed E-state index contributed by atoms with van der Waals surface area (Å²) in [5.74, 6) is 0. The fourth-order valence-corrected chi connectivity index (χ4v) is 1.63. The van der Waals surface area contributed by atoms with Gasteiger partial charge in [-0.1, -0.05) is 6.08 Å². The molecule has 0 saturated heterocycles. The van der Waals surface area contributed by atoms with Crippen LogP contribution in [0.3, 0.4) is 0 Å². The Kier molecular flexibility index (Phi) is 3.20. The number of pyridine rings is 1. The molecule has 1 aliphatic rings. The van der Waals surface area contributed by atoms with E-state index in [1.165, 1.54) is 11.3 Å². The fourth-order valence-electron chi connectivity index (χ4n) is 1.63. The number of allylic oxidation sites excluding steroid dienone is 3. The van der Waals surface area contributed by atoms with E-state index in [1.54, 1.807) is 0 Å². The second-order valence-corrected chi connectivity index (χ2v) is 3.84. The quantitative estimate of drug-likeness (QED) is 0.684. The van der Waals surface area contributed by atoms with Crippen LogP contribution in [0.15, 0.2) is 54.7 Å². The summed E-state index contributed by atoms with van der Waals surface area (Å²) < 4.78 is 2.16. The van der Waals surface area contributed by atoms with E-state index in [1.807, 2.05) is 6.08 Å². The third kappa shape index (κ3) is 2.40. The van der Waals surface area contributed by atoms with Crippen molar-refractivity contribution in [2.45, 2.75) is 13.5 Å². The first-order valence-corrected chi connectivity index (χ1v) is 5.58. The minimum absolute atomic E-state index is 1.01. The molecule has 0 amide bonds. The van der Waals surface area contributed by atoms with E-state index in [2.05, 4.69) is 72.4 Å². The first-order chi connectivity index (χ1) is 7.79. The van der Waals surface area contributed by atoms with Crippen molar-refractivity contribution in [3.63, 3.8) is 0 Å². The number of hydrogen-bond acceptors (Lipinski definition) is 1. The molecule has 0 bridgehead atoms. The van der Waals surface area contributed by atoms with Crippen molar-refractivity contribution in [1.29, 1.82) is 0 Å². The van der Waals surface area contributed by atoms with Gasteiger partial charge in [0.1, 0.15) is 6.54 Å². The normalized spacial score (nSPS) is 17.1. The Hall–Kier alpha value is -1.83. The third-order valence-electron chi connectivity index (χ3n) is 2.69. The molecule has 0 aliphatic carbocycles. The lowest BCUT2D eigenvalue weighted by atomic mass is 10.2. The predicted octanol–water partition coefficient (Wildman–Crippen LogP) is 2.35. The maximum Gasteiger partial charge on any atom is 0.169 e. The number of aryl methyl sites for hydroxylation is 1. The molecule has 1 aliphatic heterocycles. The molecule has 0 N–H and O–H groups in total. The second-order valence-electron chi connectivity index (χ2n) is 3.84. The van der Waals surface area contributed by atoms with E-state index in [-0.39, 0.29) is 0 Å². The van der Waals surface area contributed by atoms with Crippen molar-refractivity contribution in [2.24, 2.45) is 0 Å². The first kappa shape index (κ1) is 10.7. The second kappa shape index (κ2) is 4.79. The SMILES string of the molecule is CC[n+]1ccc(C=C2C=CC=CN2C)cc1. The molecule has 2 heteroatoms. The van der Waals surface area contributed by atoms with Gasteiger partial charge in [0.2, 0.25) is 0 Å². The van der Waals surface area contributed by atoms with Gasteiger partial charge in [-0.15, -0.1) is 0 Å². The molecular formula is C14H17N2+. The molecule has 0 radical (unpaired) electrons. The lowest BCUT2D eigenvalue weighted by Crippen LogP contribution is -2.30. The van der Waals surface area contributed by atoms with Gasteiger partial charge in [0, 0.05) is 31.1 Å². The largest absolute Gasteiger partial charge is 0.351 e. The maximum atomic E-state index is 2.18. The molecule has 2 rings (SSSR count). The van der Waals surface area contributed by atoms with E-state index < -0.39 is 0 Å². The van der Waals surface area contributed by atoms with Gasteiger partial charge in [-0.2, -0.15) is 0 Å². The van der Waals surface area contributed by atoms with Crippen molar-refractivity contribution in [1.82, 2.24) is 4.90 Å². The number of hydrogen-bond donors (Lipinski definition) is 0. The Balaban J connectivity index is 2.22. The summed E-state index contributed by atoms with van der Waals surface area (Å²) in [4.78, 5) is 2.11. The van der Waals surface area contributed by atoms with Crippen LogP contribution < -0.4 is 4.57 Å². The molecule has 0 aromatic carbocycles. The summed E-state index contributed by atoms with van der Waals surface area (Å²) in [6.45, 7) is 3.15. The van der Waals surface area contributed by atoms with Crippen LogP contribution in [0.2, 0.25) is 0 Å². The minimum Gasteiger partial charge on any atom is -0.351 e. The highest BCUT2D eigenvalue weighted by molar-refractivity contribution is 5.55. The number of aromatic nitrogens is 1. The molecule has 2 heterocycles. The molecule has 82 valence electrons. The van der Waals surface area contributed by atoms with Crippen LogP contribution in [0, 0.1) is 0 Å². The van der Waals surface area contributed by atoms with Crippen molar-refractivity contribution >= 4 is 6.08 Å². The lowest BCUT2D eigenvalue weighted by Gasteiger charge is -2.17. The van der Waals surface area contributed by atoms with Gasteiger partial charge in [0.05, 0.1) is 0 Å². The van der Waals surface area contributed by atoms with Crippen molar-refractivity contribution in [3.05, 3.63) is 60.2 Å². The Bertz CT molecular complexity index is 438. The van der Waals surface area contributed by atoms with Crippen LogP contribution in [0.25, 0.3) is 6.08 Å². The topological polar surface area (TPSA) is 7.12 Å². The molecule has 0 spiro atoms. The van der Waals surface area contributed by atoms with Crippen molar-refractivity contribution in [2.75, 3.05) is 7.05 Å². The molecule has 0 fully saturated rings. The highest BCUT2D eigenvalue weighted by Gasteiger charge is 2.02. The number of nitrogens with zero attached hydrogens (tertiary/aromatic N) is 2. The van der Waals surface area contributed by atoms with Crippen LogP contribution in [-0.4, -0.2) is 11.9 Å². The molecule has 16 heavy (non-hydrogen) atoms. The van der Waals surface area contributed by atoms with E-state index in [0.717, 1.165) is 6.54 Å². The molecular weight excluding hydrogens is 196 g/mol. The van der Waals surface area contributed by atoms with Gasteiger partial charge in [0.15, 0.2) is 12.4 Å². The summed E-state index contributed by atoms with van der Waals surface area (Å²) in [6, 6.07) is 4.27. The van der Waals surface area contributed by atoms with Gasteiger partial charge in [-0.3, -0.25) is 0 Å². The predicted molar refractivity (Wildman–Crippen MR) is 66.3 cm³/mol. The molecule has 0 unspecified atom stereocenters. The van der Waals surface area contributed by atoms with Gasteiger partial charge in [0.25, 0.3) is 0 Å². The van der Waals surface area contributed by atoms with E-state index in [4.69, 9.17) is 0 Å². The average molecular weight is 213 g/mol. The first-order valence-electron chi connectivity index (χ1n) is 5.58. The summed E-state index contributed by atoms with van der Waals surface area (Å²) >= 11 is 0. The summed E-state index contributed by atoms with van der Waals surface area (Å²) in [6.07, 6.45) is 14.7. The van der Waals surface area contributed by atoms with E-state index in [9.17, 15) is 0 Å². The van der Waals surface area contributed by atoms with Crippen LogP contribution in [0.5, 0.6) is 0 Å². The van der Waals surface area contributed by atoms with Crippen LogP contribution in [0.4, 0.5) is 0 Å². The Morgan fingerprint density at radius 2 is 2.00 bits per heavy atom. The third-order valence-corrected chi connectivity index (χ3v) is 2.69. The zero-order valence-electron chi connectivity index (χ0n) is 9.80. The number of rotatable bonds is 2. The van der Waals surface area contributed by atoms with Crippen LogP contribution in [-0.2, 0) is 6.54 Å². The molecule has 2 nitrogen and oxygen atoms in total. The van der Waals surface area contributed by atoms with Gasteiger partial charge in [-0.05, 0) is 30.7 Å². The van der Waals surface area contributed by atoms with Gasteiger partial charge < -0.3 is 4.90 Å². The fraction of sp³-hybridized carbons (Fsp3) is 0.214. The molecule has 0 atom stereocenters. The highest BCUT2D eigenvalue weighted by Crippen LogP contribution is 2.13.